The van der Waals surface area contributed by atoms with E-state index in [-0.39, 0.29) is 5.82 Å². The van der Waals surface area contributed by atoms with Crippen molar-refractivity contribution >= 4 is 0 Å². The van der Waals surface area contributed by atoms with Crippen molar-refractivity contribution < 1.29 is 4.39 Å². The van der Waals surface area contributed by atoms with Gasteiger partial charge in [-0.15, -0.1) is 6.42 Å². The summed E-state index contributed by atoms with van der Waals surface area (Å²) >= 11 is 0. The van der Waals surface area contributed by atoms with Crippen molar-refractivity contribution in [3.05, 3.63) is 34.6 Å². The molecule has 1 aromatic rings. The van der Waals surface area contributed by atoms with E-state index in [1.807, 2.05) is 19.9 Å². The molecule has 0 heterocycles. The van der Waals surface area contributed by atoms with Crippen LogP contribution in [0.3, 0.4) is 0 Å². The third-order valence-electron chi connectivity index (χ3n) is 1.69. The molecule has 0 N–H and O–H groups in total. The fourth-order valence-corrected chi connectivity index (χ4v) is 0.954. The topological polar surface area (TPSA) is 0 Å². The van der Waals surface area contributed by atoms with Gasteiger partial charge in [0.2, 0.25) is 0 Å². The zero-order chi connectivity index (χ0) is 10.4. The minimum atomic E-state index is -0.271. The van der Waals surface area contributed by atoms with Gasteiger partial charge in [-0.2, -0.15) is 0 Å². The molecule has 0 saturated carbocycles. The van der Waals surface area contributed by atoms with Crippen LogP contribution in [-0.2, 0) is 0 Å². The Morgan fingerprint density at radius 1 is 1.15 bits per heavy atom. The van der Waals surface area contributed by atoms with Crippen LogP contribution in [0.5, 0.6) is 0 Å². The Bertz CT molecular complexity index is 319. The monoisotopic (exact) mass is 178 g/mol. The van der Waals surface area contributed by atoms with Crippen LogP contribution >= 0.6 is 0 Å². The van der Waals surface area contributed by atoms with E-state index in [0.717, 1.165) is 5.56 Å². The number of aryl methyl sites for hydroxylation is 2. The van der Waals surface area contributed by atoms with Crippen LogP contribution in [0.4, 0.5) is 4.39 Å². The molecule has 0 bridgehead atoms. The molecule has 0 nitrogen and oxygen atoms in total. The minimum Gasteiger partial charge on any atom is -0.205 e. The van der Waals surface area contributed by atoms with Crippen molar-refractivity contribution in [3.63, 3.8) is 0 Å². The Hall–Kier alpha value is -1.29. The summed E-state index contributed by atoms with van der Waals surface area (Å²) in [6, 6.07) is 3.55. The highest BCUT2D eigenvalue weighted by Crippen LogP contribution is 2.14. The summed E-state index contributed by atoms with van der Waals surface area (Å²) < 4.78 is 13.1. The molecule has 13 heavy (non-hydrogen) atoms. The van der Waals surface area contributed by atoms with Gasteiger partial charge in [0, 0.05) is 0 Å². The second kappa shape index (κ2) is 5.37. The average molecular weight is 178 g/mol. The van der Waals surface area contributed by atoms with E-state index in [9.17, 15) is 4.39 Å². The summed E-state index contributed by atoms with van der Waals surface area (Å²) in [7, 11) is 0. The van der Waals surface area contributed by atoms with Gasteiger partial charge in [-0.1, -0.05) is 31.9 Å². The molecule has 0 atom stereocenters. The molecule has 0 aliphatic heterocycles. The van der Waals surface area contributed by atoms with Crippen LogP contribution in [0.2, 0.25) is 0 Å². The molecule has 0 aromatic heterocycles. The predicted molar refractivity (Wildman–Crippen MR) is 55.2 cm³/mol. The largest absolute Gasteiger partial charge is 0.205 e. The molecule has 70 valence electrons. The number of benzene rings is 1. The third kappa shape index (κ3) is 2.59. The average Bonchev–Trinajstić information content (AvgIpc) is 2.16. The van der Waals surface area contributed by atoms with E-state index in [1.165, 1.54) is 0 Å². The van der Waals surface area contributed by atoms with Crippen LogP contribution in [0.1, 0.15) is 30.5 Å². The molecule has 0 saturated heterocycles. The van der Waals surface area contributed by atoms with E-state index in [2.05, 4.69) is 5.92 Å². The molecule has 0 radical (unpaired) electrons. The van der Waals surface area contributed by atoms with Gasteiger partial charge in [0.25, 0.3) is 0 Å². The van der Waals surface area contributed by atoms with Crippen LogP contribution in [0.25, 0.3) is 0 Å². The van der Waals surface area contributed by atoms with Gasteiger partial charge >= 0.3 is 0 Å². The maximum Gasteiger partial charge on any atom is 0.141 e. The normalized spacial score (nSPS) is 8.31. The summed E-state index contributed by atoms with van der Waals surface area (Å²) in [5.41, 5.74) is 1.80. The van der Waals surface area contributed by atoms with Crippen LogP contribution in [0.15, 0.2) is 12.1 Å². The SMILES string of the molecule is C#Cc1c(C)ccc(C)c1F.CC. The highest BCUT2D eigenvalue weighted by molar-refractivity contribution is 5.42. The first kappa shape index (κ1) is 11.7. The zero-order valence-electron chi connectivity index (χ0n) is 8.61. The van der Waals surface area contributed by atoms with Crippen molar-refractivity contribution in [2.45, 2.75) is 27.7 Å². The highest BCUT2D eigenvalue weighted by Gasteiger charge is 2.04. The number of rotatable bonds is 0. The molecule has 0 aliphatic rings. The fraction of sp³-hybridized carbons (Fsp3) is 0.333. The van der Waals surface area contributed by atoms with Gasteiger partial charge < -0.3 is 0 Å². The van der Waals surface area contributed by atoms with E-state index in [4.69, 9.17) is 6.42 Å². The molecule has 0 aliphatic carbocycles. The van der Waals surface area contributed by atoms with Gasteiger partial charge in [0.05, 0.1) is 5.56 Å². The lowest BCUT2D eigenvalue weighted by atomic mass is 10.1. The zero-order valence-corrected chi connectivity index (χ0v) is 8.61. The molecular formula is C12H15F. The third-order valence-corrected chi connectivity index (χ3v) is 1.69. The van der Waals surface area contributed by atoms with Gasteiger partial charge in [-0.3, -0.25) is 0 Å². The van der Waals surface area contributed by atoms with Crippen LogP contribution < -0.4 is 0 Å². The minimum absolute atomic E-state index is 0.271. The lowest BCUT2D eigenvalue weighted by molar-refractivity contribution is 0.614. The Kier molecular flexibility index (Phi) is 4.84. The highest BCUT2D eigenvalue weighted by atomic mass is 19.1. The first-order valence-electron chi connectivity index (χ1n) is 4.39. The van der Waals surface area contributed by atoms with Crippen LogP contribution in [-0.4, -0.2) is 0 Å². The van der Waals surface area contributed by atoms with Crippen LogP contribution in [0, 0.1) is 32.0 Å². The van der Waals surface area contributed by atoms with Crippen molar-refractivity contribution in [2.24, 2.45) is 0 Å². The summed E-state index contributed by atoms with van der Waals surface area (Å²) in [5, 5.41) is 0. The Balaban J connectivity index is 0.000000671. The van der Waals surface area contributed by atoms with E-state index >= 15 is 0 Å². The second-order valence-electron chi connectivity index (χ2n) is 2.53. The summed E-state index contributed by atoms with van der Waals surface area (Å²) in [4.78, 5) is 0. The van der Waals surface area contributed by atoms with Crippen molar-refractivity contribution in [2.75, 3.05) is 0 Å². The molecule has 0 amide bonds. The summed E-state index contributed by atoms with van der Waals surface area (Å²) in [5.74, 6) is 2.06. The predicted octanol–water partition coefficient (Wildman–Crippen LogP) is 3.45. The van der Waals surface area contributed by atoms with E-state index in [1.54, 1.807) is 19.9 Å². The lowest BCUT2D eigenvalue weighted by Gasteiger charge is -2.01. The van der Waals surface area contributed by atoms with Gasteiger partial charge in [0.15, 0.2) is 0 Å². The van der Waals surface area contributed by atoms with E-state index < -0.39 is 0 Å². The maximum absolute atomic E-state index is 13.1. The maximum atomic E-state index is 13.1. The number of hydrogen-bond donors (Lipinski definition) is 0. The molecule has 1 heteroatoms. The lowest BCUT2D eigenvalue weighted by Crippen LogP contribution is -1.91. The molecule has 0 spiro atoms. The van der Waals surface area contributed by atoms with E-state index in [0.29, 0.717) is 11.1 Å². The van der Waals surface area contributed by atoms with Gasteiger partial charge in [0.1, 0.15) is 5.82 Å². The quantitative estimate of drug-likeness (QED) is 0.534. The molecule has 1 aromatic carbocycles. The standard InChI is InChI=1S/C10H9F.C2H6/c1-4-9-7(2)5-6-8(3)10(9)11;1-2/h1,5-6H,2-3H3;1-2H3. The van der Waals surface area contributed by atoms with Crippen molar-refractivity contribution in [1.82, 2.24) is 0 Å². The molecule has 0 unspecified atom stereocenters. The molecule has 0 fully saturated rings. The number of halogens is 1. The molecule has 1 rings (SSSR count). The summed E-state index contributed by atoms with van der Waals surface area (Å²) in [6.07, 6.45) is 5.13. The first-order valence-corrected chi connectivity index (χ1v) is 4.39. The summed E-state index contributed by atoms with van der Waals surface area (Å²) in [6.45, 7) is 7.51. The fourth-order valence-electron chi connectivity index (χ4n) is 0.954. The Morgan fingerprint density at radius 3 is 2.00 bits per heavy atom. The number of terminal acetylenes is 1. The van der Waals surface area contributed by atoms with Gasteiger partial charge in [-0.25, -0.2) is 4.39 Å². The van der Waals surface area contributed by atoms with Crippen molar-refractivity contribution in [1.29, 1.82) is 0 Å². The second-order valence-corrected chi connectivity index (χ2v) is 2.53. The molecular weight excluding hydrogens is 163 g/mol. The van der Waals surface area contributed by atoms with Gasteiger partial charge in [-0.05, 0) is 25.0 Å². The smallest absolute Gasteiger partial charge is 0.141 e. The Labute approximate surface area is 79.8 Å². The Morgan fingerprint density at radius 2 is 1.62 bits per heavy atom. The first-order chi connectivity index (χ1) is 6.16. The number of hydrogen-bond acceptors (Lipinski definition) is 0. The van der Waals surface area contributed by atoms with Crippen molar-refractivity contribution in [3.8, 4) is 12.3 Å².